The molecule has 0 aliphatic carbocycles. The number of benzene rings is 2. The van der Waals surface area contributed by atoms with E-state index in [4.69, 9.17) is 0 Å². The highest BCUT2D eigenvalue weighted by atomic mass is 32.2. The minimum absolute atomic E-state index is 0.158. The van der Waals surface area contributed by atoms with Crippen molar-refractivity contribution < 1.29 is 44.3 Å². The summed E-state index contributed by atoms with van der Waals surface area (Å²) in [5, 5.41) is 3.88. The average molecular weight is 454 g/mol. The molecule has 0 radical (unpaired) electrons. The lowest BCUT2D eigenvalue weighted by Crippen LogP contribution is -2.34. The molecule has 0 heterocycles. The fourth-order valence-electron chi connectivity index (χ4n) is 2.18. The molecule has 0 spiro atoms. The molecule has 0 aliphatic rings. The maximum atomic E-state index is 12.5. The molecule has 2 amide bonds. The van der Waals surface area contributed by atoms with E-state index in [1.165, 1.54) is 18.2 Å². The number of hydrogen-bond donors (Lipinski definition) is 2. The third kappa shape index (κ3) is 5.49. The molecule has 0 aliphatic heterocycles. The third-order valence-corrected chi connectivity index (χ3v) is 5.10. The molecule has 0 unspecified atom stereocenters. The standard InChI is InChI=1S/C17H12F6N2O4S/c18-16(19,20)9-24-15(27)12-3-1-2-4-13(12)25-14(26)10-5-7-11(8-6-10)30(28,29)17(21,22)23/h1-8H,9H2,(H,24,27)(H,25,26). The van der Waals surface area contributed by atoms with Gasteiger partial charge in [0.25, 0.3) is 21.7 Å². The van der Waals surface area contributed by atoms with Gasteiger partial charge in [-0.25, -0.2) is 8.42 Å². The second kappa shape index (κ2) is 8.34. The Labute approximate surface area is 165 Å². The van der Waals surface area contributed by atoms with Crippen molar-refractivity contribution in [2.75, 3.05) is 11.9 Å². The smallest absolute Gasteiger partial charge is 0.343 e. The number of carbonyl (C=O) groups is 2. The van der Waals surface area contributed by atoms with Gasteiger partial charge in [-0.3, -0.25) is 9.59 Å². The Bertz CT molecular complexity index is 1050. The highest BCUT2D eigenvalue weighted by molar-refractivity contribution is 7.92. The Kier molecular flexibility index (Phi) is 6.45. The van der Waals surface area contributed by atoms with Crippen LogP contribution in [0.1, 0.15) is 20.7 Å². The number of halogens is 6. The van der Waals surface area contributed by atoms with E-state index in [9.17, 15) is 44.3 Å². The number of carbonyl (C=O) groups excluding carboxylic acids is 2. The largest absolute Gasteiger partial charge is 0.501 e. The summed E-state index contributed by atoms with van der Waals surface area (Å²) in [5.74, 6) is -2.04. The fourth-order valence-corrected chi connectivity index (χ4v) is 2.94. The molecule has 0 saturated heterocycles. The molecular formula is C17H12F6N2O4S. The average Bonchev–Trinajstić information content (AvgIpc) is 2.65. The lowest BCUT2D eigenvalue weighted by Gasteiger charge is -2.13. The van der Waals surface area contributed by atoms with Gasteiger partial charge in [0.1, 0.15) is 6.54 Å². The zero-order valence-electron chi connectivity index (χ0n) is 14.6. The summed E-state index contributed by atoms with van der Waals surface area (Å²) in [5.41, 5.74) is -6.21. The first-order chi connectivity index (χ1) is 13.7. The molecule has 2 aromatic carbocycles. The van der Waals surface area contributed by atoms with Crippen molar-refractivity contribution in [3.8, 4) is 0 Å². The Morgan fingerprint density at radius 3 is 1.93 bits per heavy atom. The molecule has 13 heteroatoms. The predicted molar refractivity (Wildman–Crippen MR) is 92.5 cm³/mol. The number of nitrogens with one attached hydrogen (secondary N) is 2. The van der Waals surface area contributed by atoms with E-state index in [0.29, 0.717) is 12.1 Å². The molecular weight excluding hydrogens is 442 g/mol. The maximum Gasteiger partial charge on any atom is 0.501 e. The van der Waals surface area contributed by atoms with Gasteiger partial charge < -0.3 is 10.6 Å². The second-order valence-corrected chi connectivity index (χ2v) is 7.71. The monoisotopic (exact) mass is 454 g/mol. The Balaban J connectivity index is 2.20. The van der Waals surface area contributed by atoms with Gasteiger partial charge in [0.15, 0.2) is 0 Å². The van der Waals surface area contributed by atoms with E-state index < -0.39 is 44.8 Å². The minimum Gasteiger partial charge on any atom is -0.343 e. The van der Waals surface area contributed by atoms with E-state index >= 15 is 0 Å². The summed E-state index contributed by atoms with van der Waals surface area (Å²) < 4.78 is 97.1. The highest BCUT2D eigenvalue weighted by Gasteiger charge is 2.46. The lowest BCUT2D eigenvalue weighted by atomic mass is 10.1. The van der Waals surface area contributed by atoms with Crippen LogP contribution in [0.3, 0.4) is 0 Å². The normalized spacial score (nSPS) is 12.3. The first-order valence-electron chi connectivity index (χ1n) is 7.89. The third-order valence-electron chi connectivity index (χ3n) is 3.60. The second-order valence-electron chi connectivity index (χ2n) is 5.77. The summed E-state index contributed by atoms with van der Waals surface area (Å²) in [7, 11) is -5.59. The van der Waals surface area contributed by atoms with Crippen molar-refractivity contribution in [3.63, 3.8) is 0 Å². The van der Waals surface area contributed by atoms with E-state index in [1.807, 2.05) is 0 Å². The van der Waals surface area contributed by atoms with Gasteiger partial charge in [0.2, 0.25) is 0 Å². The Hall–Kier alpha value is -3.09. The molecule has 0 saturated carbocycles. The Morgan fingerprint density at radius 1 is 0.833 bits per heavy atom. The van der Waals surface area contributed by atoms with Crippen molar-refractivity contribution >= 4 is 27.3 Å². The summed E-state index contributed by atoms with van der Waals surface area (Å²) in [6.45, 7) is -1.59. The molecule has 2 N–H and O–H groups in total. The van der Waals surface area contributed by atoms with Crippen molar-refractivity contribution in [3.05, 3.63) is 59.7 Å². The molecule has 0 atom stereocenters. The van der Waals surface area contributed by atoms with Crippen LogP contribution < -0.4 is 10.6 Å². The van der Waals surface area contributed by atoms with Gasteiger partial charge in [-0.05, 0) is 36.4 Å². The molecule has 2 rings (SSSR count). The first kappa shape index (κ1) is 23.2. The van der Waals surface area contributed by atoms with Crippen LogP contribution in [0, 0.1) is 0 Å². The minimum atomic E-state index is -5.59. The van der Waals surface area contributed by atoms with Crippen molar-refractivity contribution in [2.45, 2.75) is 16.6 Å². The molecule has 0 bridgehead atoms. The van der Waals surface area contributed by atoms with Crippen LogP contribution in [0.4, 0.5) is 32.0 Å². The molecule has 6 nitrogen and oxygen atoms in total. The van der Waals surface area contributed by atoms with Crippen LogP contribution in [0.2, 0.25) is 0 Å². The van der Waals surface area contributed by atoms with Gasteiger partial charge in [-0.15, -0.1) is 0 Å². The summed E-state index contributed by atoms with van der Waals surface area (Å²) in [6.07, 6.45) is -4.65. The van der Waals surface area contributed by atoms with Gasteiger partial charge in [-0.1, -0.05) is 12.1 Å². The van der Waals surface area contributed by atoms with E-state index in [2.05, 4.69) is 5.32 Å². The first-order valence-corrected chi connectivity index (χ1v) is 9.37. The van der Waals surface area contributed by atoms with Crippen LogP contribution in [0.5, 0.6) is 0 Å². The van der Waals surface area contributed by atoms with Gasteiger partial charge in [-0.2, -0.15) is 26.3 Å². The Morgan fingerprint density at radius 2 is 1.40 bits per heavy atom. The number of alkyl halides is 6. The zero-order chi connectivity index (χ0) is 22.7. The van der Waals surface area contributed by atoms with Crippen LogP contribution in [-0.2, 0) is 9.84 Å². The molecule has 2 aromatic rings. The molecule has 30 heavy (non-hydrogen) atoms. The van der Waals surface area contributed by atoms with Crippen molar-refractivity contribution in [1.82, 2.24) is 5.32 Å². The van der Waals surface area contributed by atoms with E-state index in [-0.39, 0.29) is 16.8 Å². The maximum absolute atomic E-state index is 12.5. The van der Waals surface area contributed by atoms with Crippen LogP contribution >= 0.6 is 0 Å². The number of sulfone groups is 1. The van der Waals surface area contributed by atoms with Crippen molar-refractivity contribution in [2.24, 2.45) is 0 Å². The number of anilines is 1. The molecule has 162 valence electrons. The van der Waals surface area contributed by atoms with Gasteiger partial charge >= 0.3 is 11.7 Å². The number of hydrogen-bond acceptors (Lipinski definition) is 4. The highest BCUT2D eigenvalue weighted by Crippen LogP contribution is 2.30. The molecule has 0 fully saturated rings. The lowest BCUT2D eigenvalue weighted by molar-refractivity contribution is -0.123. The number of para-hydroxylation sites is 1. The topological polar surface area (TPSA) is 92.3 Å². The van der Waals surface area contributed by atoms with Crippen molar-refractivity contribution in [1.29, 1.82) is 0 Å². The summed E-state index contributed by atoms with van der Waals surface area (Å²) >= 11 is 0. The quantitative estimate of drug-likeness (QED) is 0.677. The number of amides is 2. The van der Waals surface area contributed by atoms with Crippen LogP contribution in [-0.4, -0.2) is 38.5 Å². The van der Waals surface area contributed by atoms with E-state index in [1.54, 1.807) is 5.32 Å². The van der Waals surface area contributed by atoms with E-state index in [0.717, 1.165) is 18.2 Å². The number of rotatable bonds is 5. The zero-order valence-corrected chi connectivity index (χ0v) is 15.5. The summed E-state index contributed by atoms with van der Waals surface area (Å²) in [6, 6.07) is 7.91. The van der Waals surface area contributed by atoms with Gasteiger partial charge in [0.05, 0.1) is 16.1 Å². The van der Waals surface area contributed by atoms with Gasteiger partial charge in [0, 0.05) is 5.56 Å². The van der Waals surface area contributed by atoms with Crippen LogP contribution in [0.25, 0.3) is 0 Å². The fraction of sp³-hybridized carbons (Fsp3) is 0.176. The van der Waals surface area contributed by atoms with Crippen LogP contribution in [0.15, 0.2) is 53.4 Å². The predicted octanol–water partition coefficient (Wildman–Crippen LogP) is 3.52. The SMILES string of the molecule is O=C(Nc1ccccc1C(=O)NCC(F)(F)F)c1ccc(S(=O)(=O)C(F)(F)F)cc1. The summed E-state index contributed by atoms with van der Waals surface area (Å²) in [4.78, 5) is 23.1. The molecule has 0 aromatic heterocycles.